The van der Waals surface area contributed by atoms with Gasteiger partial charge in [0.05, 0.1) is 6.54 Å². The Morgan fingerprint density at radius 3 is 1.80 bits per heavy atom. The zero-order chi connectivity index (χ0) is 31.8. The number of carbonyl (C=O) groups excluding carboxylic acids is 5. The van der Waals surface area contributed by atoms with E-state index in [1.807, 2.05) is 55.4 Å². The lowest BCUT2D eigenvalue weighted by Gasteiger charge is -2.34. The average Bonchev–Trinajstić information content (AvgIpc) is 3.42. The molecule has 2 aliphatic carbocycles. The number of Topliss-reactive ketones (excluding diaryl/α,β-unsaturated/α-hetero) is 1. The van der Waals surface area contributed by atoms with Gasteiger partial charge in [0.25, 0.3) is 5.91 Å². The van der Waals surface area contributed by atoms with Crippen molar-refractivity contribution in [1.29, 1.82) is 0 Å². The highest BCUT2D eigenvalue weighted by Crippen LogP contribution is 2.48. The number of aldehydes is 1. The first-order chi connectivity index (χ1) is 18.3. The molecule has 2 unspecified atom stereocenters. The van der Waals surface area contributed by atoms with Crippen molar-refractivity contribution < 1.29 is 24.0 Å². The molecule has 0 heterocycles. The molecule has 2 saturated carbocycles. The number of nitrogens with two attached hydrogens (primary N) is 1. The van der Waals surface area contributed by atoms with Crippen LogP contribution in [-0.4, -0.2) is 73.6 Å². The summed E-state index contributed by atoms with van der Waals surface area (Å²) in [7, 11) is 3.34. The van der Waals surface area contributed by atoms with Gasteiger partial charge >= 0.3 is 6.03 Å². The predicted molar refractivity (Wildman–Crippen MR) is 162 cm³/mol. The molecule has 0 aromatic carbocycles. The monoisotopic (exact) mass is 569 g/mol. The van der Waals surface area contributed by atoms with E-state index in [1.54, 1.807) is 19.0 Å². The predicted octanol–water partition coefficient (Wildman–Crippen LogP) is 3.52. The van der Waals surface area contributed by atoms with Gasteiger partial charge in [0.2, 0.25) is 11.7 Å². The van der Waals surface area contributed by atoms with Gasteiger partial charge in [-0.05, 0) is 56.9 Å². The van der Waals surface area contributed by atoms with Gasteiger partial charge in [-0.1, -0.05) is 67.7 Å². The van der Waals surface area contributed by atoms with Crippen LogP contribution in [0.1, 0.15) is 94.9 Å². The Morgan fingerprint density at radius 1 is 1.00 bits per heavy atom. The van der Waals surface area contributed by atoms with Gasteiger partial charge in [-0.2, -0.15) is 0 Å². The largest absolute Gasteiger partial charge is 0.363 e. The summed E-state index contributed by atoms with van der Waals surface area (Å²) < 4.78 is 0. The number of amides is 4. The number of likely N-dealkylation sites (N-methyl/N-ethyl adjacent to an activating group) is 2. The van der Waals surface area contributed by atoms with Crippen molar-refractivity contribution in [3.05, 3.63) is 0 Å². The van der Waals surface area contributed by atoms with Crippen LogP contribution in [0.4, 0.5) is 4.79 Å². The normalized spacial score (nSPS) is 20.2. The summed E-state index contributed by atoms with van der Waals surface area (Å²) in [5.41, 5.74) is 3.82. The van der Waals surface area contributed by atoms with Gasteiger partial charge in [0, 0.05) is 25.6 Å². The molecule has 0 aromatic rings. The fraction of sp³-hybridized carbons (Fsp3) is 0.833. The molecule has 5 N–H and O–H groups in total. The Morgan fingerprint density at radius 2 is 1.50 bits per heavy atom. The minimum atomic E-state index is -0.889. The Hall–Kier alpha value is -2.49. The minimum Gasteiger partial charge on any atom is -0.363 e. The highest BCUT2D eigenvalue weighted by molar-refractivity contribution is 6.36. The summed E-state index contributed by atoms with van der Waals surface area (Å²) in [6.07, 6.45) is 5.98. The van der Waals surface area contributed by atoms with E-state index in [2.05, 4.69) is 35.5 Å². The van der Waals surface area contributed by atoms with E-state index in [4.69, 9.17) is 0 Å². The van der Waals surface area contributed by atoms with Crippen molar-refractivity contribution in [2.75, 3.05) is 27.2 Å². The van der Waals surface area contributed by atoms with Crippen LogP contribution in [0.15, 0.2) is 0 Å². The number of nitrogens with one attached hydrogen (secondary N) is 3. The summed E-state index contributed by atoms with van der Waals surface area (Å²) in [6.45, 7) is 20.6. The van der Waals surface area contributed by atoms with Crippen LogP contribution < -0.4 is 21.7 Å². The Kier molecular flexibility index (Phi) is 18.6. The highest BCUT2D eigenvalue weighted by Gasteiger charge is 2.47. The molecule has 40 heavy (non-hydrogen) atoms. The van der Waals surface area contributed by atoms with Crippen molar-refractivity contribution in [3.8, 4) is 0 Å². The number of ketones is 1. The lowest BCUT2D eigenvalue weighted by Crippen LogP contribution is -2.58. The third-order valence-electron chi connectivity index (χ3n) is 6.87. The van der Waals surface area contributed by atoms with Gasteiger partial charge in [-0.25, -0.2) is 4.79 Å². The second-order valence-corrected chi connectivity index (χ2v) is 12.8. The quantitative estimate of drug-likeness (QED) is 0.246. The van der Waals surface area contributed by atoms with E-state index in [1.165, 1.54) is 19.3 Å². The number of carbonyl (C=O) groups is 5. The lowest BCUT2D eigenvalue weighted by molar-refractivity contribution is -0.135. The molecular formula is C30H59N5O5. The average molecular weight is 570 g/mol. The van der Waals surface area contributed by atoms with Crippen LogP contribution in [-0.2, 0) is 19.2 Å². The summed E-state index contributed by atoms with van der Waals surface area (Å²) in [6, 6.07) is -0.953. The molecule has 10 heteroatoms. The number of hydrogen-bond acceptors (Lipinski definition) is 6. The Bertz CT molecular complexity index is 799. The minimum absolute atomic E-state index is 0.0231. The van der Waals surface area contributed by atoms with Crippen LogP contribution in [0.5, 0.6) is 0 Å². The molecule has 0 spiro atoms. The fourth-order valence-corrected chi connectivity index (χ4v) is 4.08. The standard InChI is InChI=1S/C19H35N3O3.C5H10.C4H8N2O2.C2H6/c1-12-13(9-10-23)14(12)11-22(8)16(24)15(18(2,3)4)20-17(25)21-19(5,6)7;1-5-3-2-4-5;1-6-2-3(7)4(5)8;1-2/h10,12-15H,9,11H2,1-8H3,(H2,20,21,25);5H,2-4H2,1H3;6H,2H2,1H3,(H2,5,8);1-2H3/t12-,13?,14-,15?;;;/m1.../s1. The van der Waals surface area contributed by atoms with Crippen molar-refractivity contribution in [2.45, 2.75) is 107 Å². The first kappa shape index (κ1) is 39.7. The van der Waals surface area contributed by atoms with E-state index in [0.717, 1.165) is 12.2 Å². The zero-order valence-electron chi connectivity index (χ0n) is 27.3. The molecule has 234 valence electrons. The Balaban J connectivity index is 0. The van der Waals surface area contributed by atoms with Crippen LogP contribution >= 0.6 is 0 Å². The SMILES string of the molecule is CC.CC1CCC1.CNCC(=O)C(N)=O.C[C@@H]1C(CC=O)[C@@H]1CN(C)C(=O)C(NC(=O)NC(C)(C)C)C(C)(C)C. The zero-order valence-corrected chi connectivity index (χ0v) is 27.3. The van der Waals surface area contributed by atoms with E-state index in [0.29, 0.717) is 30.7 Å². The summed E-state index contributed by atoms with van der Waals surface area (Å²) in [5.74, 6) is 0.689. The topological polar surface area (TPSA) is 151 Å². The number of hydrogen-bond donors (Lipinski definition) is 4. The van der Waals surface area contributed by atoms with Crippen molar-refractivity contribution in [1.82, 2.24) is 20.9 Å². The number of rotatable bonds is 9. The highest BCUT2D eigenvalue weighted by atomic mass is 16.2. The second kappa shape index (κ2) is 18.8. The van der Waals surface area contributed by atoms with Crippen molar-refractivity contribution >= 4 is 29.9 Å². The maximum absolute atomic E-state index is 12.9. The van der Waals surface area contributed by atoms with E-state index >= 15 is 0 Å². The lowest BCUT2D eigenvalue weighted by atomic mass is 9.85. The molecule has 2 rings (SSSR count). The summed E-state index contributed by atoms with van der Waals surface area (Å²) in [5, 5.41) is 8.18. The third kappa shape index (κ3) is 16.6. The molecular weight excluding hydrogens is 510 g/mol. The molecule has 0 bridgehead atoms. The molecule has 0 saturated heterocycles. The smallest absolute Gasteiger partial charge is 0.315 e. The van der Waals surface area contributed by atoms with Gasteiger partial charge < -0.3 is 31.4 Å². The van der Waals surface area contributed by atoms with Crippen molar-refractivity contribution in [3.63, 3.8) is 0 Å². The van der Waals surface area contributed by atoms with Crippen molar-refractivity contribution in [2.24, 2.45) is 34.8 Å². The van der Waals surface area contributed by atoms with Crippen LogP contribution in [0.3, 0.4) is 0 Å². The van der Waals surface area contributed by atoms with Gasteiger partial charge in [0.1, 0.15) is 12.3 Å². The third-order valence-corrected chi connectivity index (χ3v) is 6.87. The number of primary amides is 1. The van der Waals surface area contributed by atoms with Gasteiger partial charge in [-0.3, -0.25) is 14.4 Å². The van der Waals surface area contributed by atoms with Crippen LogP contribution in [0.2, 0.25) is 0 Å². The first-order valence-electron chi connectivity index (χ1n) is 14.6. The molecule has 4 amide bonds. The van der Waals surface area contributed by atoms with Gasteiger partial charge in [-0.15, -0.1) is 0 Å². The maximum Gasteiger partial charge on any atom is 0.315 e. The second-order valence-electron chi connectivity index (χ2n) is 12.8. The Labute approximate surface area is 243 Å². The maximum atomic E-state index is 12.9. The molecule has 4 atom stereocenters. The number of urea groups is 1. The molecule has 10 nitrogen and oxygen atoms in total. The summed E-state index contributed by atoms with van der Waals surface area (Å²) >= 11 is 0. The van der Waals surface area contributed by atoms with E-state index in [9.17, 15) is 24.0 Å². The van der Waals surface area contributed by atoms with Crippen LogP contribution in [0.25, 0.3) is 0 Å². The first-order valence-corrected chi connectivity index (χ1v) is 14.6. The fourth-order valence-electron chi connectivity index (χ4n) is 4.08. The van der Waals surface area contributed by atoms with E-state index in [-0.39, 0.29) is 24.0 Å². The van der Waals surface area contributed by atoms with Gasteiger partial charge in [0.15, 0.2) is 0 Å². The molecule has 2 fully saturated rings. The molecule has 2 aliphatic rings. The molecule has 0 aromatic heterocycles. The van der Waals surface area contributed by atoms with Crippen LogP contribution in [0, 0.1) is 29.1 Å². The summed E-state index contributed by atoms with van der Waals surface area (Å²) in [4.78, 5) is 57.7. The molecule has 0 radical (unpaired) electrons. The molecule has 0 aliphatic heterocycles. The number of nitrogens with zero attached hydrogens (tertiary/aromatic N) is 1. The van der Waals surface area contributed by atoms with E-state index < -0.39 is 23.1 Å².